The van der Waals surface area contributed by atoms with Crippen molar-refractivity contribution >= 4 is 6.09 Å². The van der Waals surface area contributed by atoms with E-state index in [1.54, 1.807) is 6.92 Å². The van der Waals surface area contributed by atoms with E-state index in [4.69, 9.17) is 14.9 Å². The van der Waals surface area contributed by atoms with Gasteiger partial charge in [0.1, 0.15) is 0 Å². The minimum atomic E-state index is -0.954. The van der Waals surface area contributed by atoms with Gasteiger partial charge in [0.25, 0.3) is 0 Å². The van der Waals surface area contributed by atoms with Crippen molar-refractivity contribution in [3.8, 4) is 0 Å². The number of aliphatic hydroxyl groups is 1. The summed E-state index contributed by atoms with van der Waals surface area (Å²) in [5.74, 6) is 0. The molecule has 1 fully saturated rings. The predicted octanol–water partition coefficient (Wildman–Crippen LogP) is -0.254. The standard InChI is InChI=1S/C7H13NO4/c1-5-4-12-6(3-9)2-8(5)7(10)11/h5-6,9H,2-4H2,1H3,(H,10,11)/t5?,6-/m1/s1. The summed E-state index contributed by atoms with van der Waals surface area (Å²) in [5.41, 5.74) is 0. The highest BCUT2D eigenvalue weighted by Gasteiger charge is 2.28. The van der Waals surface area contributed by atoms with Gasteiger partial charge in [0, 0.05) is 0 Å². The second-order valence-corrected chi connectivity index (χ2v) is 2.92. The zero-order valence-corrected chi connectivity index (χ0v) is 6.93. The van der Waals surface area contributed by atoms with Crippen LogP contribution in [0.25, 0.3) is 0 Å². The van der Waals surface area contributed by atoms with Gasteiger partial charge in [0.2, 0.25) is 0 Å². The van der Waals surface area contributed by atoms with Crippen molar-refractivity contribution in [2.24, 2.45) is 0 Å². The van der Waals surface area contributed by atoms with Crippen LogP contribution in [0.15, 0.2) is 0 Å². The molecule has 1 aliphatic heterocycles. The summed E-state index contributed by atoms with van der Waals surface area (Å²) < 4.78 is 5.16. The minimum absolute atomic E-state index is 0.120. The van der Waals surface area contributed by atoms with Gasteiger partial charge >= 0.3 is 6.09 Å². The van der Waals surface area contributed by atoms with Crippen LogP contribution < -0.4 is 0 Å². The summed E-state index contributed by atoms with van der Waals surface area (Å²) in [4.78, 5) is 11.9. The van der Waals surface area contributed by atoms with Crippen LogP contribution in [0.4, 0.5) is 4.79 Å². The number of carboxylic acid groups (broad SMARTS) is 1. The maximum absolute atomic E-state index is 10.6. The number of aliphatic hydroxyl groups excluding tert-OH is 1. The Morgan fingerprint density at radius 2 is 2.42 bits per heavy atom. The lowest BCUT2D eigenvalue weighted by Gasteiger charge is -2.35. The van der Waals surface area contributed by atoms with Crippen molar-refractivity contribution in [3.05, 3.63) is 0 Å². The molecule has 1 aliphatic rings. The summed E-state index contributed by atoms with van der Waals surface area (Å²) in [7, 11) is 0. The minimum Gasteiger partial charge on any atom is -0.465 e. The molecule has 1 saturated heterocycles. The molecule has 0 aromatic carbocycles. The number of rotatable bonds is 1. The number of carbonyl (C=O) groups is 1. The number of amides is 1. The zero-order chi connectivity index (χ0) is 9.14. The Kier molecular flexibility index (Phi) is 2.88. The second kappa shape index (κ2) is 3.73. The molecule has 2 atom stereocenters. The van der Waals surface area contributed by atoms with Crippen LogP contribution in [-0.4, -0.2) is 53.1 Å². The molecular weight excluding hydrogens is 162 g/mol. The van der Waals surface area contributed by atoms with Crippen molar-refractivity contribution < 1.29 is 19.7 Å². The molecule has 5 heteroatoms. The summed E-state index contributed by atoms with van der Waals surface area (Å²) in [5, 5.41) is 17.4. The lowest BCUT2D eigenvalue weighted by atomic mass is 10.2. The quantitative estimate of drug-likeness (QED) is 0.576. The molecule has 0 aliphatic carbocycles. The Morgan fingerprint density at radius 1 is 1.75 bits per heavy atom. The molecule has 1 unspecified atom stereocenters. The van der Waals surface area contributed by atoms with E-state index in [1.165, 1.54) is 4.90 Å². The first kappa shape index (κ1) is 9.28. The lowest BCUT2D eigenvalue weighted by molar-refractivity contribution is -0.0687. The maximum atomic E-state index is 10.6. The van der Waals surface area contributed by atoms with E-state index in [2.05, 4.69) is 0 Å². The third-order valence-electron chi connectivity index (χ3n) is 1.95. The predicted molar refractivity (Wildman–Crippen MR) is 41.0 cm³/mol. The fourth-order valence-electron chi connectivity index (χ4n) is 1.19. The third kappa shape index (κ3) is 1.86. The Hall–Kier alpha value is -0.810. The second-order valence-electron chi connectivity index (χ2n) is 2.92. The fraction of sp³-hybridized carbons (Fsp3) is 0.857. The summed E-state index contributed by atoms with van der Waals surface area (Å²) >= 11 is 0. The Morgan fingerprint density at radius 3 is 2.92 bits per heavy atom. The summed E-state index contributed by atoms with van der Waals surface area (Å²) in [6.45, 7) is 2.27. The van der Waals surface area contributed by atoms with Gasteiger partial charge in [-0.25, -0.2) is 4.79 Å². The summed E-state index contributed by atoms with van der Waals surface area (Å²) in [6, 6.07) is -0.120. The van der Waals surface area contributed by atoms with Gasteiger partial charge in [-0.1, -0.05) is 0 Å². The van der Waals surface area contributed by atoms with E-state index in [-0.39, 0.29) is 25.3 Å². The molecule has 1 amide bonds. The van der Waals surface area contributed by atoms with Crippen LogP contribution in [-0.2, 0) is 4.74 Å². The summed E-state index contributed by atoms with van der Waals surface area (Å²) in [6.07, 6.45) is -1.32. The van der Waals surface area contributed by atoms with Crippen molar-refractivity contribution in [1.82, 2.24) is 4.90 Å². The van der Waals surface area contributed by atoms with Gasteiger partial charge in [-0.05, 0) is 6.92 Å². The van der Waals surface area contributed by atoms with E-state index in [9.17, 15) is 4.79 Å². The fourth-order valence-corrected chi connectivity index (χ4v) is 1.19. The third-order valence-corrected chi connectivity index (χ3v) is 1.95. The zero-order valence-electron chi connectivity index (χ0n) is 6.93. The van der Waals surface area contributed by atoms with Crippen LogP contribution in [0, 0.1) is 0 Å². The van der Waals surface area contributed by atoms with E-state index in [0.717, 1.165) is 0 Å². The number of ether oxygens (including phenoxy) is 1. The van der Waals surface area contributed by atoms with Crippen LogP contribution in [0.2, 0.25) is 0 Å². The molecule has 1 rings (SSSR count). The molecule has 70 valence electrons. The highest BCUT2D eigenvalue weighted by atomic mass is 16.5. The van der Waals surface area contributed by atoms with Crippen LogP contribution >= 0.6 is 0 Å². The van der Waals surface area contributed by atoms with Crippen molar-refractivity contribution in [2.75, 3.05) is 19.8 Å². The van der Waals surface area contributed by atoms with Gasteiger partial charge in [0.15, 0.2) is 0 Å². The Labute approximate surface area is 70.5 Å². The SMILES string of the molecule is CC1CO[C@@H](CO)CN1C(=O)O. The topological polar surface area (TPSA) is 70.0 Å². The number of morpholine rings is 1. The van der Waals surface area contributed by atoms with Gasteiger partial charge < -0.3 is 19.8 Å². The van der Waals surface area contributed by atoms with Gasteiger partial charge in [0.05, 0.1) is 31.9 Å². The largest absolute Gasteiger partial charge is 0.465 e. The first-order valence-corrected chi connectivity index (χ1v) is 3.87. The van der Waals surface area contributed by atoms with E-state index in [0.29, 0.717) is 6.61 Å². The van der Waals surface area contributed by atoms with E-state index >= 15 is 0 Å². The molecule has 0 bridgehead atoms. The van der Waals surface area contributed by atoms with Gasteiger partial charge in [-0.3, -0.25) is 0 Å². The van der Waals surface area contributed by atoms with Crippen molar-refractivity contribution in [1.29, 1.82) is 0 Å². The van der Waals surface area contributed by atoms with Gasteiger partial charge in [-0.2, -0.15) is 0 Å². The highest BCUT2D eigenvalue weighted by molar-refractivity contribution is 5.65. The molecule has 12 heavy (non-hydrogen) atoms. The normalized spacial score (nSPS) is 30.3. The molecule has 2 N–H and O–H groups in total. The van der Waals surface area contributed by atoms with Crippen LogP contribution in [0.1, 0.15) is 6.92 Å². The molecule has 0 aromatic rings. The van der Waals surface area contributed by atoms with Crippen molar-refractivity contribution in [3.63, 3.8) is 0 Å². The van der Waals surface area contributed by atoms with Crippen LogP contribution in [0.5, 0.6) is 0 Å². The monoisotopic (exact) mass is 175 g/mol. The maximum Gasteiger partial charge on any atom is 0.407 e. The highest BCUT2D eigenvalue weighted by Crippen LogP contribution is 2.10. The first-order chi connectivity index (χ1) is 5.65. The lowest BCUT2D eigenvalue weighted by Crippen LogP contribution is -2.51. The molecular formula is C7H13NO4. The van der Waals surface area contributed by atoms with Crippen molar-refractivity contribution in [2.45, 2.75) is 19.1 Å². The molecule has 1 heterocycles. The molecule has 0 spiro atoms. The average molecular weight is 175 g/mol. The molecule has 0 aromatic heterocycles. The number of hydrogen-bond donors (Lipinski definition) is 2. The average Bonchev–Trinajstić information content (AvgIpc) is 2.05. The number of hydrogen-bond acceptors (Lipinski definition) is 3. The smallest absolute Gasteiger partial charge is 0.407 e. The molecule has 0 radical (unpaired) electrons. The van der Waals surface area contributed by atoms with E-state index < -0.39 is 6.09 Å². The van der Waals surface area contributed by atoms with Crippen LogP contribution in [0.3, 0.4) is 0 Å². The Balaban J connectivity index is 2.53. The number of nitrogens with zero attached hydrogens (tertiary/aromatic N) is 1. The van der Waals surface area contributed by atoms with Gasteiger partial charge in [-0.15, -0.1) is 0 Å². The molecule has 5 nitrogen and oxygen atoms in total. The molecule has 0 saturated carbocycles. The van der Waals surface area contributed by atoms with E-state index in [1.807, 2.05) is 0 Å². The first-order valence-electron chi connectivity index (χ1n) is 3.87. The Bertz CT molecular complexity index is 173.